The van der Waals surface area contributed by atoms with Crippen molar-refractivity contribution in [1.29, 1.82) is 0 Å². The van der Waals surface area contributed by atoms with E-state index in [0.717, 1.165) is 45.2 Å². The molecule has 4 nitrogen and oxygen atoms in total. The van der Waals surface area contributed by atoms with Crippen molar-refractivity contribution < 1.29 is 9.84 Å². The van der Waals surface area contributed by atoms with Gasteiger partial charge in [-0.25, -0.2) is 0 Å². The highest BCUT2D eigenvalue weighted by Gasteiger charge is 2.66. The smallest absolute Gasteiger partial charge is 0.0974 e. The van der Waals surface area contributed by atoms with Crippen LogP contribution in [0.1, 0.15) is 76.7 Å². The van der Waals surface area contributed by atoms with Gasteiger partial charge < -0.3 is 9.84 Å². The van der Waals surface area contributed by atoms with Crippen molar-refractivity contribution in [3.8, 4) is 0 Å². The predicted octanol–water partition coefficient (Wildman–Crippen LogP) is 5.91. The normalized spacial score (nSPS) is 42.7. The summed E-state index contributed by atoms with van der Waals surface area (Å²) >= 11 is 0. The van der Waals surface area contributed by atoms with E-state index in [4.69, 9.17) is 4.74 Å². The lowest BCUT2D eigenvalue weighted by atomic mass is 9.58. The highest BCUT2D eigenvalue weighted by atomic mass is 16.5. The zero-order valence-electron chi connectivity index (χ0n) is 21.7. The maximum absolute atomic E-state index is 10.3. The lowest BCUT2D eigenvalue weighted by molar-refractivity contribution is -0.157. The quantitative estimate of drug-likeness (QED) is 0.578. The molecule has 1 aromatic carbocycles. The summed E-state index contributed by atoms with van der Waals surface area (Å²) in [4.78, 5) is 6.89. The second-order valence-corrected chi connectivity index (χ2v) is 13.5. The molecule has 2 saturated heterocycles. The molecule has 0 amide bonds. The zero-order valence-corrected chi connectivity index (χ0v) is 21.7. The second-order valence-electron chi connectivity index (χ2n) is 13.5. The van der Waals surface area contributed by atoms with Crippen LogP contribution >= 0.6 is 0 Å². The van der Waals surface area contributed by atoms with E-state index in [9.17, 15) is 5.11 Å². The number of allylic oxidation sites excluding steroid dienone is 1. The Labute approximate surface area is 214 Å². The number of nitrogens with zero attached hydrogens (tertiary/aromatic N) is 2. The molecule has 1 N–H and O–H groups in total. The van der Waals surface area contributed by atoms with E-state index < -0.39 is 5.60 Å². The first-order chi connectivity index (χ1) is 17.3. The van der Waals surface area contributed by atoms with Gasteiger partial charge in [0, 0.05) is 36.9 Å². The van der Waals surface area contributed by atoms with Gasteiger partial charge in [0.15, 0.2) is 0 Å². The number of pyridine rings is 1. The molecule has 4 fully saturated rings. The fraction of sp³-hybridized carbons (Fsp3) is 0.594. The summed E-state index contributed by atoms with van der Waals surface area (Å²) in [6, 6.07) is 9.73. The Kier molecular flexibility index (Phi) is 4.34. The number of rotatable bonds is 2. The molecule has 36 heavy (non-hydrogen) atoms. The standard InChI is InChI=1S/C32H38N2O2/c1-29(35)19-34(20-29)26-6-5-24-16-25-9-11-30(2)27(22-4-3-21-10-14-33-18-23(21)15-22)7-8-28(30)32(25)13-12-31(24,17-26)36-32/h3-4,9-10,14-16,18,26-28,35H,5-8,11-13,17,19-20H2,1-2H3/t26-,27+,28+,30+,31+,32+/m0/s1. The first-order valence-corrected chi connectivity index (χ1v) is 14.2. The van der Waals surface area contributed by atoms with E-state index in [1.54, 1.807) is 5.57 Å². The molecule has 2 bridgehead atoms. The number of hydrogen-bond acceptors (Lipinski definition) is 4. The van der Waals surface area contributed by atoms with Crippen LogP contribution in [0.25, 0.3) is 10.8 Å². The van der Waals surface area contributed by atoms with Crippen LogP contribution in [-0.4, -0.2) is 50.9 Å². The van der Waals surface area contributed by atoms with Gasteiger partial charge in [-0.15, -0.1) is 0 Å². The monoisotopic (exact) mass is 482 g/mol. The van der Waals surface area contributed by atoms with Gasteiger partial charge in [-0.3, -0.25) is 9.88 Å². The van der Waals surface area contributed by atoms with Crippen LogP contribution < -0.4 is 0 Å². The minimum absolute atomic E-state index is 0.0767. The maximum atomic E-state index is 10.3. The Morgan fingerprint density at radius 1 is 1.06 bits per heavy atom. The number of aromatic nitrogens is 1. The lowest BCUT2D eigenvalue weighted by Crippen LogP contribution is -2.65. The third kappa shape index (κ3) is 2.84. The Bertz CT molecular complexity index is 1320. The molecule has 6 aliphatic rings. The fourth-order valence-corrected chi connectivity index (χ4v) is 9.65. The number of β-amino-alcohol motifs (C(OH)–C–C–N with tert-alkyl or cyclic N) is 1. The molecule has 1 aromatic heterocycles. The summed E-state index contributed by atoms with van der Waals surface area (Å²) in [5, 5.41) is 12.9. The van der Waals surface area contributed by atoms with Gasteiger partial charge >= 0.3 is 0 Å². The van der Waals surface area contributed by atoms with Gasteiger partial charge in [0.05, 0.1) is 16.8 Å². The van der Waals surface area contributed by atoms with Gasteiger partial charge in [-0.2, -0.15) is 0 Å². The predicted molar refractivity (Wildman–Crippen MR) is 142 cm³/mol. The Hall–Kier alpha value is -2.01. The molecule has 2 spiro atoms. The van der Waals surface area contributed by atoms with Crippen LogP contribution in [0.15, 0.2) is 60.0 Å². The molecule has 2 saturated carbocycles. The summed E-state index contributed by atoms with van der Waals surface area (Å²) in [6.45, 7) is 6.16. The van der Waals surface area contributed by atoms with E-state index in [0.29, 0.717) is 17.9 Å². The van der Waals surface area contributed by atoms with Gasteiger partial charge in [0.2, 0.25) is 0 Å². The topological polar surface area (TPSA) is 45.6 Å². The van der Waals surface area contributed by atoms with Crippen molar-refractivity contribution in [2.75, 3.05) is 13.1 Å². The van der Waals surface area contributed by atoms with Crippen molar-refractivity contribution in [3.63, 3.8) is 0 Å². The third-order valence-electron chi connectivity index (χ3n) is 11.3. The first kappa shape index (κ1) is 22.0. The number of benzene rings is 1. The van der Waals surface area contributed by atoms with E-state index in [1.807, 2.05) is 19.3 Å². The minimum Gasteiger partial charge on any atom is -0.388 e. The summed E-state index contributed by atoms with van der Waals surface area (Å²) < 4.78 is 7.48. The van der Waals surface area contributed by atoms with Crippen LogP contribution in [0.5, 0.6) is 0 Å². The molecule has 188 valence electrons. The number of fused-ring (bicyclic) bond motifs is 2. The van der Waals surface area contributed by atoms with Crippen LogP contribution in [-0.2, 0) is 4.74 Å². The van der Waals surface area contributed by atoms with Gasteiger partial charge in [-0.1, -0.05) is 31.2 Å². The second kappa shape index (κ2) is 7.09. The number of ether oxygens (including phenoxy) is 1. The van der Waals surface area contributed by atoms with E-state index in [1.165, 1.54) is 41.2 Å². The van der Waals surface area contributed by atoms with Crippen molar-refractivity contribution in [2.45, 2.75) is 94.0 Å². The molecule has 2 aromatic rings. The van der Waals surface area contributed by atoms with Crippen LogP contribution in [0.3, 0.4) is 0 Å². The average molecular weight is 483 g/mol. The first-order valence-electron chi connectivity index (χ1n) is 14.2. The minimum atomic E-state index is -0.503. The highest BCUT2D eigenvalue weighted by Crippen LogP contribution is 2.69. The molecule has 4 heteroatoms. The maximum Gasteiger partial charge on any atom is 0.0974 e. The number of likely N-dealkylation sites (tertiary alicyclic amines) is 1. The number of hydrogen-bond donors (Lipinski definition) is 1. The Morgan fingerprint density at radius 3 is 2.81 bits per heavy atom. The summed E-state index contributed by atoms with van der Waals surface area (Å²) in [7, 11) is 0. The van der Waals surface area contributed by atoms with Crippen molar-refractivity contribution in [2.24, 2.45) is 11.3 Å². The van der Waals surface area contributed by atoms with Gasteiger partial charge in [-0.05, 0) is 110 Å². The number of aliphatic hydroxyl groups is 1. The van der Waals surface area contributed by atoms with Gasteiger partial charge in [0.25, 0.3) is 0 Å². The molecule has 3 aliphatic carbocycles. The van der Waals surface area contributed by atoms with Crippen molar-refractivity contribution in [1.82, 2.24) is 9.88 Å². The van der Waals surface area contributed by atoms with Crippen LogP contribution in [0.4, 0.5) is 0 Å². The Morgan fingerprint density at radius 2 is 1.94 bits per heavy atom. The largest absolute Gasteiger partial charge is 0.388 e. The van der Waals surface area contributed by atoms with Crippen molar-refractivity contribution in [3.05, 3.63) is 65.5 Å². The molecule has 0 radical (unpaired) electrons. The van der Waals surface area contributed by atoms with Crippen LogP contribution in [0, 0.1) is 11.3 Å². The molecule has 3 aliphatic heterocycles. The molecular formula is C32H38N2O2. The summed E-state index contributed by atoms with van der Waals surface area (Å²) in [5.74, 6) is 1.13. The Balaban J connectivity index is 1.13. The lowest BCUT2D eigenvalue weighted by Gasteiger charge is -2.56. The van der Waals surface area contributed by atoms with Crippen molar-refractivity contribution >= 4 is 10.8 Å². The van der Waals surface area contributed by atoms with E-state index >= 15 is 0 Å². The molecule has 8 rings (SSSR count). The summed E-state index contributed by atoms with van der Waals surface area (Å²) in [5.41, 5.74) is 4.08. The fourth-order valence-electron chi connectivity index (χ4n) is 9.65. The SMILES string of the molecule is CC1(O)CN([C@H]2CCC3=CC4=CC[C@]5(C)[C@@H](c6ccc7ccncc7c6)CC[C@H]5[C@@]45CC[C@]3(C2)O5)C1. The van der Waals surface area contributed by atoms with E-state index in [2.05, 4.69) is 53.2 Å². The van der Waals surface area contributed by atoms with Crippen LogP contribution in [0.2, 0.25) is 0 Å². The highest BCUT2D eigenvalue weighted by molar-refractivity contribution is 5.82. The molecular weight excluding hydrogens is 444 g/mol. The van der Waals surface area contributed by atoms with E-state index in [-0.39, 0.29) is 16.6 Å². The molecule has 6 atom stereocenters. The molecule has 4 heterocycles. The summed E-state index contributed by atoms with van der Waals surface area (Å²) in [6.07, 6.45) is 18.5. The average Bonchev–Trinajstić information content (AvgIpc) is 3.37. The molecule has 0 unspecified atom stereocenters. The zero-order chi connectivity index (χ0) is 24.3. The third-order valence-corrected chi connectivity index (χ3v) is 11.3. The van der Waals surface area contributed by atoms with Gasteiger partial charge in [0.1, 0.15) is 0 Å².